The largest absolute Gasteiger partial charge is 0.508 e. The van der Waals surface area contributed by atoms with E-state index in [4.69, 9.17) is 17.2 Å². The summed E-state index contributed by atoms with van der Waals surface area (Å²) in [6.45, 7) is 7.41. The molecular weight excluding hydrogens is 1410 g/mol. The molecule has 1 aliphatic heterocycles. The number of phenols is 1. The second-order valence-electron chi connectivity index (χ2n) is 26.8. The number of aliphatic hydroxyl groups excluding tert-OH is 1. The van der Waals surface area contributed by atoms with Crippen molar-refractivity contribution in [2.75, 3.05) is 30.7 Å². The van der Waals surface area contributed by atoms with E-state index >= 15 is 0 Å². The lowest BCUT2D eigenvalue weighted by molar-refractivity contribution is -0.144. The van der Waals surface area contributed by atoms with Crippen LogP contribution < -0.4 is 70.4 Å². The van der Waals surface area contributed by atoms with Crippen molar-refractivity contribution < 1.29 is 72.9 Å². The summed E-state index contributed by atoms with van der Waals surface area (Å²) in [5, 5.41) is 56.8. The summed E-state index contributed by atoms with van der Waals surface area (Å²) in [6, 6.07) is 16.4. The highest BCUT2D eigenvalue weighted by atomic mass is 32.1. The fraction of sp³-hybridized carbons (Fsp3) is 0.444. The fourth-order valence-electron chi connectivity index (χ4n) is 11.5. The van der Waals surface area contributed by atoms with Crippen LogP contribution in [0.25, 0.3) is 0 Å². The number of benzene rings is 4. The number of aromatic hydroxyl groups is 1. The number of likely N-dealkylation sites (tertiary alicyclic amines) is 1. The highest BCUT2D eigenvalue weighted by Gasteiger charge is 2.42. The van der Waals surface area contributed by atoms with Crippen molar-refractivity contribution in [2.24, 2.45) is 28.1 Å². The van der Waals surface area contributed by atoms with E-state index in [9.17, 15) is 72.9 Å². The molecule has 1 aliphatic rings. The normalized spacial score (nSPS) is 15.5. The Labute approximate surface area is 624 Å². The van der Waals surface area contributed by atoms with Gasteiger partial charge in [0.1, 0.15) is 60.1 Å². The van der Waals surface area contributed by atoms with Crippen molar-refractivity contribution >= 4 is 108 Å². The molecule has 0 unspecified atom stereocenters. The number of thiol groups is 2. The third-order valence-electron chi connectivity index (χ3n) is 17.1. The van der Waals surface area contributed by atoms with Gasteiger partial charge in [-0.2, -0.15) is 25.3 Å². The maximum Gasteiger partial charge on any atom is 0.327 e. The lowest BCUT2D eigenvalue weighted by atomic mass is 9.99. The van der Waals surface area contributed by atoms with Gasteiger partial charge < -0.3 is 95.6 Å². The first kappa shape index (κ1) is 84.4. The summed E-state index contributed by atoms with van der Waals surface area (Å²) >= 11 is 8.62. The van der Waals surface area contributed by atoms with E-state index in [0.29, 0.717) is 40.8 Å². The lowest BCUT2D eigenvalue weighted by Gasteiger charge is -2.33. The Bertz CT molecular complexity index is 3840. The number of hydrogen-bond donors (Lipinski definition) is 19. The number of carbonyl (C=O) groups is 12. The van der Waals surface area contributed by atoms with Gasteiger partial charge in [-0.1, -0.05) is 98.8 Å². The van der Waals surface area contributed by atoms with Crippen LogP contribution in [0.3, 0.4) is 0 Å². The van der Waals surface area contributed by atoms with E-state index in [0.717, 1.165) is 0 Å². The van der Waals surface area contributed by atoms with Crippen molar-refractivity contribution in [3.05, 3.63) is 150 Å². The van der Waals surface area contributed by atoms with Gasteiger partial charge >= 0.3 is 5.97 Å². The highest BCUT2D eigenvalue weighted by molar-refractivity contribution is 7.81. The minimum absolute atomic E-state index is 0.0282. The van der Waals surface area contributed by atoms with Crippen LogP contribution in [0.1, 0.15) is 94.7 Å². The number of aromatic amines is 1. The van der Waals surface area contributed by atoms with Gasteiger partial charge in [-0.05, 0) is 105 Å². The molecule has 32 nitrogen and oxygen atoms in total. The number of aliphatic hydroxyl groups is 1. The standard InChI is InChI=1S/C72H97N17O15S2/c1-40(2)29-50(63(96)85-54(33-44-23-25-48(91)26-24-44)69(102)89-28-14-22-56(89)66(99)86-55(38-105)70(103)104)81-57(92)34-45-19-12-20-46(30-45)80-62(95)51(31-42-15-8-6-9-16-42)84-64(97)53(35-47-36-76-39-79-47)82-58(93)37-78-67(100)59(41(3)90)87-68(101)60(72(4,5)106)88-65(98)52(32-43-17-10-7-11-18-43)83-61(94)49(73)21-13-27-77-71(74)75/h6-12,15-20,23-26,30,36,39-41,49-56,59-60,90-91,105-106H,13-14,21-22,27-29,31-35,37-38,73H2,1-5H3,(H,76,79)(H,78,100)(H,80,95)(H,81,92)(H,82,93)(H,83,94)(H,84,97)(H,85,96)(H,86,99)(H,87,101)(H,88,98)(H,103,104)(H4,74,75,77)/t41-,49+,50+,51+,52+,53+,54+,55+,56+,59+,60-/m1/s1. The molecule has 11 atom stereocenters. The molecule has 0 radical (unpaired) electrons. The number of phenolic OH excluding ortho intramolecular Hbond substituents is 1. The number of rotatable bonds is 40. The monoisotopic (exact) mass is 1500 g/mol. The van der Waals surface area contributed by atoms with Crippen LogP contribution in [0.4, 0.5) is 5.69 Å². The molecule has 4 aromatic carbocycles. The van der Waals surface area contributed by atoms with Crippen LogP contribution in [0.5, 0.6) is 5.75 Å². The Hall–Kier alpha value is -10.6. The number of nitrogens with one attached hydrogen (secondary N) is 11. The number of guanidine groups is 1. The van der Waals surface area contributed by atoms with Gasteiger partial charge in [0.05, 0.1) is 31.4 Å². The second kappa shape index (κ2) is 41.2. The molecule has 572 valence electrons. The van der Waals surface area contributed by atoms with Crippen molar-refractivity contribution in [2.45, 2.75) is 170 Å². The fourth-order valence-corrected chi connectivity index (χ4v) is 12.0. The zero-order chi connectivity index (χ0) is 77.8. The molecule has 20 N–H and O–H groups in total. The summed E-state index contributed by atoms with van der Waals surface area (Å²) in [4.78, 5) is 179. The molecule has 0 spiro atoms. The third-order valence-corrected chi connectivity index (χ3v) is 17.7. The maximum absolute atomic E-state index is 14.5. The molecule has 11 amide bonds. The molecule has 6 rings (SSSR count). The zero-order valence-electron chi connectivity index (χ0n) is 59.6. The maximum atomic E-state index is 14.5. The molecule has 5 aromatic rings. The Kier molecular flexibility index (Phi) is 32.8. The molecular formula is C72H97N17O15S2. The second-order valence-corrected chi connectivity index (χ2v) is 28.3. The predicted octanol–water partition coefficient (Wildman–Crippen LogP) is -0.917. The summed E-state index contributed by atoms with van der Waals surface area (Å²) < 4.78 is -1.35. The number of hydrogen-bond acceptors (Lipinski definition) is 19. The third kappa shape index (κ3) is 27.5. The van der Waals surface area contributed by atoms with Crippen molar-refractivity contribution in [1.82, 2.24) is 62.7 Å². The molecule has 1 aromatic heterocycles. The van der Waals surface area contributed by atoms with Crippen molar-refractivity contribution in [3.63, 3.8) is 0 Å². The van der Waals surface area contributed by atoms with E-state index in [-0.39, 0.29) is 93.5 Å². The average molecular weight is 1500 g/mol. The quantitative estimate of drug-likeness (QED) is 0.00976. The van der Waals surface area contributed by atoms with E-state index in [1.54, 1.807) is 91.0 Å². The molecule has 106 heavy (non-hydrogen) atoms. The number of carbonyl (C=O) groups excluding carboxylic acids is 11. The Morgan fingerprint density at radius 3 is 1.80 bits per heavy atom. The number of nitrogens with two attached hydrogens (primary N) is 3. The summed E-state index contributed by atoms with van der Waals surface area (Å²) in [6.07, 6.45) is 1.75. The molecule has 34 heteroatoms. The number of amides is 11. The van der Waals surface area contributed by atoms with Gasteiger partial charge in [-0.3, -0.25) is 57.7 Å². The summed E-state index contributed by atoms with van der Waals surface area (Å²) in [7, 11) is 0. The first-order valence-corrected chi connectivity index (χ1v) is 35.6. The molecule has 0 bridgehead atoms. The zero-order valence-corrected chi connectivity index (χ0v) is 61.4. The summed E-state index contributed by atoms with van der Waals surface area (Å²) in [5.41, 5.74) is 19.8. The van der Waals surface area contributed by atoms with Gasteiger partial charge in [0.15, 0.2) is 5.96 Å². The number of anilines is 1. The van der Waals surface area contributed by atoms with Gasteiger partial charge in [-0.15, -0.1) is 0 Å². The van der Waals surface area contributed by atoms with E-state index in [2.05, 4.69) is 93.4 Å². The predicted molar refractivity (Wildman–Crippen MR) is 400 cm³/mol. The number of carboxylic acid groups (broad SMARTS) is 1. The van der Waals surface area contributed by atoms with Gasteiger partial charge in [-0.25, -0.2) is 9.78 Å². The Morgan fingerprint density at radius 1 is 0.651 bits per heavy atom. The number of aliphatic carboxylic acids is 1. The number of aromatic nitrogens is 2. The first-order chi connectivity index (χ1) is 50.3. The average Bonchev–Trinajstić information content (AvgIpc) is 1.57. The Balaban J connectivity index is 1.12. The lowest BCUT2D eigenvalue weighted by Crippen LogP contribution is -2.63. The molecule has 1 saturated heterocycles. The van der Waals surface area contributed by atoms with Crippen LogP contribution in [0, 0.1) is 5.92 Å². The van der Waals surface area contributed by atoms with Crippen LogP contribution >= 0.6 is 25.3 Å². The highest BCUT2D eigenvalue weighted by Crippen LogP contribution is 2.23. The SMILES string of the molecule is CC(C)C[C@H](NC(=O)Cc1cccc(NC(=O)[C@H](Cc2ccccc2)NC(=O)[C@H](Cc2cnc[nH]2)NC(=O)CNC(=O)[C@@H](NC(=O)[C@@H](NC(=O)[C@H](Cc2ccccc2)NC(=O)[C@@H](N)CCCN=C(N)N)C(C)(C)S)[C@@H](C)O)c1)C(=O)N[C@@H](Cc1ccc(O)cc1)C(=O)N1CCC[C@H]1C(=O)N[C@@H](CS)C(=O)O. The van der Waals surface area contributed by atoms with Gasteiger partial charge in [0.2, 0.25) is 65.0 Å². The van der Waals surface area contributed by atoms with Crippen LogP contribution in [-0.2, 0) is 89.6 Å². The van der Waals surface area contributed by atoms with Crippen molar-refractivity contribution in [3.8, 4) is 5.75 Å². The molecule has 1 fully saturated rings. The number of H-pyrrole nitrogens is 1. The number of imidazole rings is 1. The first-order valence-electron chi connectivity index (χ1n) is 34.6. The Morgan fingerprint density at radius 2 is 1.22 bits per heavy atom. The number of nitrogens with zero attached hydrogens (tertiary/aromatic N) is 3. The summed E-state index contributed by atoms with van der Waals surface area (Å²) in [5.74, 6) is -10.5. The van der Waals surface area contributed by atoms with Crippen LogP contribution in [0.2, 0.25) is 0 Å². The van der Waals surface area contributed by atoms with E-state index < -0.39 is 149 Å². The molecule has 0 saturated carbocycles. The van der Waals surface area contributed by atoms with Crippen molar-refractivity contribution in [1.29, 1.82) is 0 Å². The van der Waals surface area contributed by atoms with E-state index in [1.807, 2.05) is 13.8 Å². The van der Waals surface area contributed by atoms with Crippen LogP contribution in [0.15, 0.2) is 127 Å². The topological polar surface area (TPSA) is 508 Å². The molecule has 0 aliphatic carbocycles. The minimum Gasteiger partial charge on any atom is -0.508 e. The smallest absolute Gasteiger partial charge is 0.327 e. The number of aliphatic imine (C=N–C) groups is 1. The van der Waals surface area contributed by atoms with Gasteiger partial charge in [0, 0.05) is 66.9 Å². The van der Waals surface area contributed by atoms with Crippen LogP contribution in [-0.4, -0.2) is 204 Å². The van der Waals surface area contributed by atoms with Gasteiger partial charge in [0.25, 0.3) is 0 Å². The molecule has 2 heterocycles. The minimum atomic E-state index is -1.74. The number of carboxylic acids is 1. The van der Waals surface area contributed by atoms with E-state index in [1.165, 1.54) is 56.4 Å².